The molecule has 1 saturated heterocycles. The molecule has 1 aromatic heterocycles. The Kier molecular flexibility index (Phi) is 9.09. The molecule has 2 aliphatic heterocycles. The number of methoxy groups -OCH3 is 2. The van der Waals surface area contributed by atoms with Gasteiger partial charge in [0.1, 0.15) is 5.60 Å². The van der Waals surface area contributed by atoms with E-state index < -0.39 is 5.60 Å². The van der Waals surface area contributed by atoms with Gasteiger partial charge in [-0.25, -0.2) is 0 Å². The van der Waals surface area contributed by atoms with Gasteiger partial charge < -0.3 is 24.4 Å². The van der Waals surface area contributed by atoms with Gasteiger partial charge in [0, 0.05) is 58.0 Å². The highest BCUT2D eigenvalue weighted by atomic mass is 16.5. The minimum absolute atomic E-state index is 0.0907. The number of amides is 1. The number of rotatable bonds is 11. The molecule has 0 radical (unpaired) electrons. The lowest BCUT2D eigenvalue weighted by atomic mass is 9.69. The molecule has 1 saturated carbocycles. The number of nitrogens with one attached hydrogen (secondary N) is 1. The van der Waals surface area contributed by atoms with Gasteiger partial charge in [-0.1, -0.05) is 0 Å². The van der Waals surface area contributed by atoms with E-state index in [2.05, 4.69) is 21.9 Å². The molecular formula is C27H47N5O4. The number of nitrogens with zero attached hydrogens (tertiary/aromatic N) is 4. The molecule has 1 amide bonds. The zero-order chi connectivity index (χ0) is 25.8. The number of carbonyl (C=O) groups is 1. The van der Waals surface area contributed by atoms with Crippen molar-refractivity contribution in [3.8, 4) is 0 Å². The van der Waals surface area contributed by atoms with Crippen LogP contribution in [0.2, 0.25) is 0 Å². The summed E-state index contributed by atoms with van der Waals surface area (Å²) in [4.78, 5) is 17.8. The van der Waals surface area contributed by atoms with Gasteiger partial charge in [0.05, 0.1) is 37.7 Å². The van der Waals surface area contributed by atoms with Gasteiger partial charge in [0.15, 0.2) is 0 Å². The van der Waals surface area contributed by atoms with Crippen LogP contribution in [-0.2, 0) is 38.6 Å². The lowest BCUT2D eigenvalue weighted by Crippen LogP contribution is -2.49. The van der Waals surface area contributed by atoms with Crippen molar-refractivity contribution in [3.05, 3.63) is 17.0 Å². The molecule has 9 heteroatoms. The maximum atomic E-state index is 13.5. The molecule has 1 aromatic rings. The van der Waals surface area contributed by atoms with Crippen LogP contribution in [0.1, 0.15) is 68.3 Å². The summed E-state index contributed by atoms with van der Waals surface area (Å²) < 4.78 is 19.3. The van der Waals surface area contributed by atoms with Crippen LogP contribution in [0.5, 0.6) is 0 Å². The number of likely N-dealkylation sites (N-methyl/N-ethyl adjacent to an activating group) is 2. The van der Waals surface area contributed by atoms with Crippen molar-refractivity contribution in [2.75, 3.05) is 67.8 Å². The van der Waals surface area contributed by atoms with Gasteiger partial charge in [-0.2, -0.15) is 5.10 Å². The normalized spacial score (nSPS) is 24.4. The van der Waals surface area contributed by atoms with Gasteiger partial charge in [0.2, 0.25) is 0 Å². The van der Waals surface area contributed by atoms with Gasteiger partial charge in [-0.05, 0) is 65.5 Å². The predicted molar refractivity (Wildman–Crippen MR) is 139 cm³/mol. The molecule has 0 spiro atoms. The fourth-order valence-electron chi connectivity index (χ4n) is 6.54. The first-order valence-electron chi connectivity index (χ1n) is 13.7. The molecule has 204 valence electrons. The largest absolute Gasteiger partial charge is 0.384 e. The second-order valence-corrected chi connectivity index (χ2v) is 11.4. The quantitative estimate of drug-likeness (QED) is 0.495. The summed E-state index contributed by atoms with van der Waals surface area (Å²) in [5, 5.41) is 8.37. The van der Waals surface area contributed by atoms with Crippen molar-refractivity contribution < 1.29 is 19.0 Å². The summed E-state index contributed by atoms with van der Waals surface area (Å²) in [7, 11) is 7.73. The van der Waals surface area contributed by atoms with E-state index in [1.165, 1.54) is 17.0 Å². The Morgan fingerprint density at radius 3 is 2.53 bits per heavy atom. The molecule has 0 aromatic carbocycles. The third kappa shape index (κ3) is 5.80. The zero-order valence-electron chi connectivity index (χ0n) is 23.1. The number of fused-ring (bicyclic) bond motifs is 1. The van der Waals surface area contributed by atoms with Gasteiger partial charge >= 0.3 is 0 Å². The van der Waals surface area contributed by atoms with Gasteiger partial charge in [0.25, 0.3) is 5.91 Å². The summed E-state index contributed by atoms with van der Waals surface area (Å²) in [5.74, 6) is 0.575. The van der Waals surface area contributed by atoms with Crippen LogP contribution < -0.4 is 5.32 Å². The van der Waals surface area contributed by atoms with Crippen molar-refractivity contribution in [1.82, 2.24) is 24.9 Å². The van der Waals surface area contributed by atoms with Gasteiger partial charge in [-0.3, -0.25) is 14.4 Å². The topological polar surface area (TPSA) is 81.1 Å². The van der Waals surface area contributed by atoms with Crippen LogP contribution in [-0.4, -0.2) is 98.9 Å². The van der Waals surface area contributed by atoms with Crippen molar-refractivity contribution in [2.24, 2.45) is 5.41 Å². The average molecular weight is 506 g/mol. The molecule has 1 aliphatic carbocycles. The van der Waals surface area contributed by atoms with Crippen LogP contribution >= 0.6 is 0 Å². The second-order valence-electron chi connectivity index (χ2n) is 11.4. The minimum Gasteiger partial charge on any atom is -0.384 e. The Labute approximate surface area is 216 Å². The molecule has 3 aliphatic rings. The van der Waals surface area contributed by atoms with Crippen LogP contribution in [0.4, 0.5) is 0 Å². The molecule has 1 atom stereocenters. The van der Waals surface area contributed by atoms with Crippen LogP contribution in [0.3, 0.4) is 0 Å². The number of ether oxygens (including phenoxy) is 3. The number of hydrogen-bond acceptors (Lipinski definition) is 7. The molecule has 9 nitrogen and oxygen atoms in total. The summed E-state index contributed by atoms with van der Waals surface area (Å²) >= 11 is 0. The molecule has 1 unspecified atom stereocenters. The monoisotopic (exact) mass is 505 g/mol. The maximum Gasteiger partial charge on any atom is 0.254 e. The highest BCUT2D eigenvalue weighted by Gasteiger charge is 2.43. The number of hydrogen-bond donors (Lipinski definition) is 1. The highest BCUT2D eigenvalue weighted by Crippen LogP contribution is 2.46. The van der Waals surface area contributed by atoms with E-state index in [0.717, 1.165) is 77.9 Å². The summed E-state index contributed by atoms with van der Waals surface area (Å²) in [6.07, 6.45) is 6.09. The third-order valence-corrected chi connectivity index (χ3v) is 8.57. The molecule has 4 rings (SSSR count). The summed E-state index contributed by atoms with van der Waals surface area (Å²) in [6.45, 7) is 8.90. The third-order valence-electron chi connectivity index (χ3n) is 8.57. The van der Waals surface area contributed by atoms with Crippen molar-refractivity contribution in [2.45, 2.75) is 76.6 Å². The molecule has 0 bridgehead atoms. The SMILES string of the molecule is CNCCN(C)Cc1nn2c(c1C1CCC(COC)(COC)CC1)CN(C(=O)C1(C)CCCO1)CC2. The summed E-state index contributed by atoms with van der Waals surface area (Å²) in [6, 6.07) is 0. The number of carbonyl (C=O) groups excluding carboxylic acids is 1. The van der Waals surface area contributed by atoms with Crippen molar-refractivity contribution in [3.63, 3.8) is 0 Å². The van der Waals surface area contributed by atoms with E-state index in [0.29, 0.717) is 25.6 Å². The molecular weight excluding hydrogens is 458 g/mol. The maximum absolute atomic E-state index is 13.5. The summed E-state index contributed by atoms with van der Waals surface area (Å²) in [5.41, 5.74) is 3.20. The smallest absolute Gasteiger partial charge is 0.254 e. The Bertz CT molecular complexity index is 866. The molecule has 3 heterocycles. The Morgan fingerprint density at radius 2 is 1.92 bits per heavy atom. The van der Waals surface area contributed by atoms with Crippen molar-refractivity contribution >= 4 is 5.91 Å². The van der Waals surface area contributed by atoms with Crippen molar-refractivity contribution in [1.29, 1.82) is 0 Å². The fourth-order valence-corrected chi connectivity index (χ4v) is 6.54. The Morgan fingerprint density at radius 1 is 1.19 bits per heavy atom. The Balaban J connectivity index is 1.58. The predicted octanol–water partition coefficient (Wildman–Crippen LogP) is 2.38. The van der Waals surface area contributed by atoms with E-state index in [1.807, 2.05) is 18.9 Å². The first-order valence-corrected chi connectivity index (χ1v) is 13.7. The van der Waals surface area contributed by atoms with E-state index in [4.69, 9.17) is 19.3 Å². The number of aromatic nitrogens is 2. The van der Waals surface area contributed by atoms with Crippen LogP contribution in [0, 0.1) is 5.41 Å². The minimum atomic E-state index is -0.677. The van der Waals surface area contributed by atoms with Crippen LogP contribution in [0.15, 0.2) is 0 Å². The van der Waals surface area contributed by atoms with E-state index in [9.17, 15) is 4.79 Å². The lowest BCUT2D eigenvalue weighted by Gasteiger charge is -2.40. The van der Waals surface area contributed by atoms with E-state index in [-0.39, 0.29) is 11.3 Å². The van der Waals surface area contributed by atoms with Crippen LogP contribution in [0.25, 0.3) is 0 Å². The Hall–Kier alpha value is -1.52. The first kappa shape index (κ1) is 27.5. The van der Waals surface area contributed by atoms with E-state index in [1.54, 1.807) is 14.2 Å². The molecule has 1 N–H and O–H groups in total. The first-order chi connectivity index (χ1) is 17.3. The molecule has 2 fully saturated rings. The lowest BCUT2D eigenvalue weighted by molar-refractivity contribution is -0.152. The second kappa shape index (κ2) is 11.9. The standard InChI is InChI=1S/C27H47N5O4/c1-26(9-6-16-36-26)25(33)31-14-15-32-23(18-31)24(22(29-32)17-30(3)13-12-28-2)21-7-10-27(11-8-21,19-34-4)20-35-5/h21,28H,6-20H2,1-5H3. The zero-order valence-corrected chi connectivity index (χ0v) is 23.1. The van der Waals surface area contributed by atoms with Gasteiger partial charge in [-0.15, -0.1) is 0 Å². The fraction of sp³-hybridized carbons (Fsp3) is 0.852. The average Bonchev–Trinajstić information content (AvgIpc) is 3.47. The molecule has 36 heavy (non-hydrogen) atoms. The van der Waals surface area contributed by atoms with E-state index >= 15 is 0 Å². The highest BCUT2D eigenvalue weighted by molar-refractivity contribution is 5.85.